The maximum Gasteiger partial charge on any atom is 0.309 e. The van der Waals surface area contributed by atoms with Crippen molar-refractivity contribution >= 4 is 6.03 Å². The Morgan fingerprint density at radius 3 is 2.26 bits per heavy atom. The molecule has 1 aliphatic rings. The summed E-state index contributed by atoms with van der Waals surface area (Å²) in [7, 11) is 0. The number of nitrogens with two attached hydrogens (primary N) is 2. The molecule has 0 atom stereocenters. The molecule has 0 radical (unpaired) electrons. The largest absolute Gasteiger partial charge is 0.352 e. The monoisotopic (exact) mass is 268 g/mol. The highest BCUT2D eigenvalue weighted by Crippen LogP contribution is 2.36. The molecule has 19 heavy (non-hydrogen) atoms. The molecule has 0 aliphatic heterocycles. The lowest BCUT2D eigenvalue weighted by Crippen LogP contribution is -2.23. The number of primary amides is 2. The van der Waals surface area contributed by atoms with Crippen LogP contribution >= 0.6 is 0 Å². The zero-order valence-electron chi connectivity index (χ0n) is 12.3. The van der Waals surface area contributed by atoms with E-state index in [2.05, 4.69) is 50.4 Å². The van der Waals surface area contributed by atoms with Crippen LogP contribution in [0.5, 0.6) is 0 Å². The second kappa shape index (κ2) is 7.76. The minimum Gasteiger partial charge on any atom is -0.352 e. The minimum atomic E-state index is -0.833. The van der Waals surface area contributed by atoms with Gasteiger partial charge in [0.15, 0.2) is 0 Å². The number of carbonyl (C=O) groups is 1. The summed E-state index contributed by atoms with van der Waals surface area (Å²) >= 11 is 0. The lowest BCUT2D eigenvalue weighted by atomic mass is 9.72. The number of benzene rings is 1. The number of hydrogen-bond donors (Lipinski definition) is 4. The van der Waals surface area contributed by atoms with Crippen LogP contribution in [0.3, 0.4) is 0 Å². The summed E-state index contributed by atoms with van der Waals surface area (Å²) in [6, 6.07) is 6.09. The van der Waals surface area contributed by atoms with Crippen molar-refractivity contribution in [3.8, 4) is 0 Å². The average molecular weight is 268 g/mol. The van der Waals surface area contributed by atoms with Crippen molar-refractivity contribution in [2.24, 2.45) is 11.5 Å². The lowest BCUT2D eigenvalue weighted by molar-refractivity contribution is 0.256. The Bertz CT molecular complexity index is 412. The van der Waals surface area contributed by atoms with Gasteiger partial charge in [-0.15, -0.1) is 0 Å². The van der Waals surface area contributed by atoms with Crippen molar-refractivity contribution in [2.75, 3.05) is 0 Å². The minimum absolute atomic E-state index is 0. The average Bonchev–Trinajstić information content (AvgIpc) is 2.15. The van der Waals surface area contributed by atoms with Crippen molar-refractivity contribution in [1.29, 1.82) is 0 Å². The van der Waals surface area contributed by atoms with E-state index in [0.717, 1.165) is 0 Å². The number of carbonyl (C=O) groups excluding carboxylic acids is 1. The van der Waals surface area contributed by atoms with Crippen LogP contribution in [0.25, 0.3) is 0 Å². The van der Waals surface area contributed by atoms with E-state index < -0.39 is 6.03 Å². The smallest absolute Gasteiger partial charge is 0.309 e. The van der Waals surface area contributed by atoms with Gasteiger partial charge >= 0.3 is 6.03 Å². The van der Waals surface area contributed by atoms with Crippen LogP contribution in [0.15, 0.2) is 18.2 Å². The first-order valence-electron chi connectivity index (χ1n) is 5.98. The SMILES string of the molecule is Cc1ccc2c(c1)CCCC2(C)C.N.N.NC(N)=O. The normalized spacial score (nSPS) is 14.7. The van der Waals surface area contributed by atoms with Crippen LogP contribution in [0.4, 0.5) is 4.79 Å². The van der Waals surface area contributed by atoms with Crippen LogP contribution < -0.4 is 23.8 Å². The van der Waals surface area contributed by atoms with Crippen molar-refractivity contribution in [3.63, 3.8) is 0 Å². The second-order valence-corrected chi connectivity index (χ2v) is 5.30. The molecule has 1 aromatic rings. The van der Waals surface area contributed by atoms with Crippen molar-refractivity contribution in [1.82, 2.24) is 12.3 Å². The summed E-state index contributed by atoms with van der Waals surface area (Å²) in [4.78, 5) is 9.00. The molecule has 0 unspecified atom stereocenters. The van der Waals surface area contributed by atoms with E-state index in [1.807, 2.05) is 0 Å². The molecule has 5 heteroatoms. The fourth-order valence-corrected chi connectivity index (χ4v) is 2.45. The van der Waals surface area contributed by atoms with Crippen LogP contribution in [-0.4, -0.2) is 6.03 Å². The molecule has 10 N–H and O–H groups in total. The van der Waals surface area contributed by atoms with Gasteiger partial charge in [0.1, 0.15) is 0 Å². The summed E-state index contributed by atoms with van der Waals surface area (Å²) in [5.41, 5.74) is 13.5. The summed E-state index contributed by atoms with van der Waals surface area (Å²) in [5, 5.41) is 0. The van der Waals surface area contributed by atoms with E-state index in [1.165, 1.54) is 24.8 Å². The summed E-state index contributed by atoms with van der Waals surface area (Å²) in [5.74, 6) is 0. The molecule has 110 valence electrons. The maximum absolute atomic E-state index is 9.00. The van der Waals surface area contributed by atoms with Gasteiger partial charge in [-0.3, -0.25) is 0 Å². The first kappa shape index (κ1) is 19.7. The van der Waals surface area contributed by atoms with Gasteiger partial charge < -0.3 is 23.8 Å². The van der Waals surface area contributed by atoms with Gasteiger partial charge in [-0.05, 0) is 42.7 Å². The molecule has 0 spiro atoms. The number of amides is 2. The van der Waals surface area contributed by atoms with Crippen LogP contribution in [-0.2, 0) is 11.8 Å². The Balaban J connectivity index is 0. The maximum atomic E-state index is 9.00. The van der Waals surface area contributed by atoms with E-state index in [-0.39, 0.29) is 12.3 Å². The fourth-order valence-electron chi connectivity index (χ4n) is 2.45. The Hall–Kier alpha value is -1.59. The van der Waals surface area contributed by atoms with E-state index in [9.17, 15) is 0 Å². The molecule has 1 aromatic carbocycles. The predicted octanol–water partition coefficient (Wildman–Crippen LogP) is 2.96. The standard InChI is InChI=1S/C13H18.CH4N2O.2H3N/c1-10-6-7-12-11(9-10)5-4-8-13(12,2)3;2-1(3)4;;/h6-7,9H,4-5,8H2,1-3H3;(H4,2,3,4);2*1H3. The predicted molar refractivity (Wildman–Crippen MR) is 81.0 cm³/mol. The zero-order chi connectivity index (χ0) is 13.1. The number of rotatable bonds is 0. The van der Waals surface area contributed by atoms with Gasteiger partial charge in [-0.1, -0.05) is 37.6 Å². The van der Waals surface area contributed by atoms with Gasteiger partial charge in [-0.2, -0.15) is 0 Å². The second-order valence-electron chi connectivity index (χ2n) is 5.30. The molecule has 0 aromatic heterocycles. The van der Waals surface area contributed by atoms with Crippen LogP contribution in [0, 0.1) is 6.92 Å². The number of aryl methyl sites for hydroxylation is 2. The molecular weight excluding hydrogens is 240 g/mol. The fraction of sp³-hybridized carbons (Fsp3) is 0.500. The van der Waals surface area contributed by atoms with E-state index in [4.69, 9.17) is 4.79 Å². The quantitative estimate of drug-likeness (QED) is 0.575. The third kappa shape index (κ3) is 5.72. The first-order chi connectivity index (χ1) is 7.83. The lowest BCUT2D eigenvalue weighted by Gasteiger charge is -2.32. The highest BCUT2D eigenvalue weighted by Gasteiger charge is 2.26. The number of hydrogen-bond acceptors (Lipinski definition) is 3. The van der Waals surface area contributed by atoms with Crippen molar-refractivity contribution < 1.29 is 4.79 Å². The molecular formula is C14H28N4O. The highest BCUT2D eigenvalue weighted by molar-refractivity contribution is 5.69. The molecule has 2 amide bonds. The third-order valence-corrected chi connectivity index (χ3v) is 3.24. The van der Waals surface area contributed by atoms with Gasteiger partial charge in [0.2, 0.25) is 0 Å². The van der Waals surface area contributed by atoms with Gasteiger partial charge in [-0.25, -0.2) is 4.79 Å². The summed E-state index contributed by atoms with van der Waals surface area (Å²) in [6.07, 6.45) is 3.97. The molecule has 1 aliphatic carbocycles. The Labute approximate surface area is 115 Å². The molecule has 0 bridgehead atoms. The van der Waals surface area contributed by atoms with Gasteiger partial charge in [0.05, 0.1) is 0 Å². The molecule has 0 saturated heterocycles. The Morgan fingerprint density at radius 1 is 1.21 bits per heavy atom. The van der Waals surface area contributed by atoms with E-state index >= 15 is 0 Å². The topological polar surface area (TPSA) is 139 Å². The van der Waals surface area contributed by atoms with Gasteiger partial charge in [0, 0.05) is 0 Å². The molecule has 2 rings (SSSR count). The third-order valence-electron chi connectivity index (χ3n) is 3.24. The number of fused-ring (bicyclic) bond motifs is 1. The summed E-state index contributed by atoms with van der Waals surface area (Å²) < 4.78 is 0. The van der Waals surface area contributed by atoms with Crippen LogP contribution in [0.2, 0.25) is 0 Å². The highest BCUT2D eigenvalue weighted by atomic mass is 16.2. The number of urea groups is 1. The molecule has 0 saturated carbocycles. The summed E-state index contributed by atoms with van der Waals surface area (Å²) in [6.45, 7) is 6.91. The van der Waals surface area contributed by atoms with Crippen molar-refractivity contribution in [2.45, 2.75) is 45.4 Å². The van der Waals surface area contributed by atoms with E-state index in [1.54, 1.807) is 11.1 Å². The first-order valence-corrected chi connectivity index (χ1v) is 5.98. The molecule has 0 heterocycles. The molecule has 5 nitrogen and oxygen atoms in total. The molecule has 0 fully saturated rings. The van der Waals surface area contributed by atoms with Gasteiger partial charge in [0.25, 0.3) is 0 Å². The zero-order valence-corrected chi connectivity index (χ0v) is 12.3. The van der Waals surface area contributed by atoms with Crippen molar-refractivity contribution in [3.05, 3.63) is 34.9 Å². The Kier molecular flexibility index (Phi) is 8.06. The Morgan fingerprint density at radius 2 is 1.74 bits per heavy atom. The van der Waals surface area contributed by atoms with Crippen LogP contribution in [0.1, 0.15) is 43.4 Å². The van der Waals surface area contributed by atoms with E-state index in [0.29, 0.717) is 5.41 Å².